The zero-order chi connectivity index (χ0) is 14.3. The van der Waals surface area contributed by atoms with E-state index in [-0.39, 0.29) is 5.41 Å². The van der Waals surface area contributed by atoms with E-state index in [4.69, 9.17) is 15.7 Å². The Morgan fingerprint density at radius 3 is 2.79 bits per heavy atom. The first kappa shape index (κ1) is 15.3. The second kappa shape index (κ2) is 7.01. The largest absolute Gasteiger partial charge is 0.492 e. The summed E-state index contributed by atoms with van der Waals surface area (Å²) in [7, 11) is 0. The third-order valence-corrected chi connectivity index (χ3v) is 2.82. The van der Waals surface area contributed by atoms with Gasteiger partial charge < -0.3 is 15.8 Å². The van der Waals surface area contributed by atoms with Crippen molar-refractivity contribution < 1.29 is 4.74 Å². The summed E-state index contributed by atoms with van der Waals surface area (Å²) in [6.07, 6.45) is 1.12. The van der Waals surface area contributed by atoms with Gasteiger partial charge in [-0.05, 0) is 25.1 Å². The van der Waals surface area contributed by atoms with Crippen LogP contribution < -0.4 is 15.8 Å². The molecular formula is C15H23N3O. The lowest BCUT2D eigenvalue weighted by atomic mass is 9.95. The molecule has 0 aliphatic rings. The number of rotatable bonds is 7. The zero-order valence-corrected chi connectivity index (χ0v) is 12.0. The minimum absolute atomic E-state index is 0.00645. The molecule has 1 aromatic rings. The van der Waals surface area contributed by atoms with Gasteiger partial charge in [0.05, 0.1) is 12.3 Å². The molecule has 0 spiro atoms. The third-order valence-electron chi connectivity index (χ3n) is 2.82. The molecule has 4 nitrogen and oxygen atoms in total. The number of ether oxygens (including phenoxy) is 1. The molecule has 0 radical (unpaired) electrons. The van der Waals surface area contributed by atoms with Crippen LogP contribution in [0.3, 0.4) is 0 Å². The van der Waals surface area contributed by atoms with Crippen molar-refractivity contribution in [1.29, 1.82) is 5.26 Å². The molecule has 0 unspecified atom stereocenters. The molecular weight excluding hydrogens is 238 g/mol. The van der Waals surface area contributed by atoms with Crippen molar-refractivity contribution in [3.63, 3.8) is 0 Å². The Hall–Kier alpha value is -1.73. The molecule has 3 N–H and O–H groups in total. The van der Waals surface area contributed by atoms with E-state index in [1.165, 1.54) is 0 Å². The van der Waals surface area contributed by atoms with Crippen molar-refractivity contribution in [3.8, 4) is 11.8 Å². The van der Waals surface area contributed by atoms with E-state index in [2.05, 4.69) is 32.2 Å². The molecule has 104 valence electrons. The first-order valence-corrected chi connectivity index (χ1v) is 6.62. The lowest BCUT2D eigenvalue weighted by Gasteiger charge is -2.25. The molecule has 0 atom stereocenters. The predicted octanol–water partition coefficient (Wildman–Crippen LogP) is 2.55. The van der Waals surface area contributed by atoms with Gasteiger partial charge in [0.15, 0.2) is 0 Å². The highest BCUT2D eigenvalue weighted by Gasteiger charge is 2.19. The van der Waals surface area contributed by atoms with Crippen molar-refractivity contribution >= 4 is 5.69 Å². The van der Waals surface area contributed by atoms with E-state index in [1.807, 2.05) is 0 Å². The van der Waals surface area contributed by atoms with Crippen LogP contribution in [-0.4, -0.2) is 19.7 Å². The van der Waals surface area contributed by atoms with Crippen LogP contribution in [0.15, 0.2) is 18.2 Å². The summed E-state index contributed by atoms with van der Waals surface area (Å²) >= 11 is 0. The maximum atomic E-state index is 9.08. The summed E-state index contributed by atoms with van der Waals surface area (Å²) in [4.78, 5) is 0. The number of nitriles is 1. The van der Waals surface area contributed by atoms with Gasteiger partial charge in [0.1, 0.15) is 17.4 Å². The quantitative estimate of drug-likeness (QED) is 0.584. The van der Waals surface area contributed by atoms with E-state index >= 15 is 0 Å². The predicted molar refractivity (Wildman–Crippen MR) is 78.0 cm³/mol. The first-order chi connectivity index (χ1) is 9.00. The molecule has 1 rings (SSSR count). The van der Waals surface area contributed by atoms with E-state index < -0.39 is 0 Å². The number of nitrogen functional groups attached to an aromatic ring is 1. The molecule has 0 saturated heterocycles. The van der Waals surface area contributed by atoms with Crippen molar-refractivity contribution in [2.45, 2.75) is 27.2 Å². The molecule has 0 aliphatic carbocycles. The highest BCUT2D eigenvalue weighted by atomic mass is 16.5. The minimum Gasteiger partial charge on any atom is -0.492 e. The lowest BCUT2D eigenvalue weighted by molar-refractivity contribution is 0.176. The molecule has 0 aliphatic heterocycles. The topological polar surface area (TPSA) is 71.1 Å². The van der Waals surface area contributed by atoms with Gasteiger partial charge in [-0.3, -0.25) is 0 Å². The smallest absolute Gasteiger partial charge is 0.139 e. The summed E-state index contributed by atoms with van der Waals surface area (Å²) in [5.74, 6) is 0.561. The Balaban J connectivity index is 2.61. The van der Waals surface area contributed by atoms with Crippen LogP contribution in [0.5, 0.6) is 5.75 Å². The second-order valence-corrected chi connectivity index (χ2v) is 5.46. The third kappa shape index (κ3) is 4.80. The summed E-state index contributed by atoms with van der Waals surface area (Å²) in [6, 6.07) is 7.38. The highest BCUT2D eigenvalue weighted by Crippen LogP contribution is 2.25. The van der Waals surface area contributed by atoms with Crippen LogP contribution >= 0.6 is 0 Å². The Bertz CT molecular complexity index is 449. The number of hydrogen-bond donors (Lipinski definition) is 2. The molecule has 1 aromatic carbocycles. The van der Waals surface area contributed by atoms with Gasteiger partial charge in [-0.2, -0.15) is 5.26 Å². The summed E-state index contributed by atoms with van der Waals surface area (Å²) in [5, 5.41) is 12.5. The van der Waals surface area contributed by atoms with Gasteiger partial charge in [0.2, 0.25) is 0 Å². The van der Waals surface area contributed by atoms with Crippen LogP contribution in [-0.2, 0) is 0 Å². The van der Waals surface area contributed by atoms with Gasteiger partial charge in [-0.25, -0.2) is 0 Å². The van der Waals surface area contributed by atoms with Crippen molar-refractivity contribution in [1.82, 2.24) is 5.32 Å². The average Bonchev–Trinajstić information content (AvgIpc) is 2.37. The SMILES string of the molecule is CCCNCC(C)(C)COc1cccc(N)c1C#N. The van der Waals surface area contributed by atoms with Crippen LogP contribution in [0.25, 0.3) is 0 Å². The fourth-order valence-corrected chi connectivity index (χ4v) is 1.72. The van der Waals surface area contributed by atoms with Crippen LogP contribution in [0.4, 0.5) is 5.69 Å². The van der Waals surface area contributed by atoms with Crippen LogP contribution in [0.2, 0.25) is 0 Å². The maximum absolute atomic E-state index is 9.08. The Labute approximate surface area is 115 Å². The number of hydrogen-bond acceptors (Lipinski definition) is 4. The molecule has 0 bridgehead atoms. The van der Waals surface area contributed by atoms with E-state index in [0.717, 1.165) is 19.5 Å². The molecule has 0 amide bonds. The second-order valence-electron chi connectivity index (χ2n) is 5.46. The lowest BCUT2D eigenvalue weighted by Crippen LogP contribution is -2.34. The van der Waals surface area contributed by atoms with Crippen molar-refractivity contribution in [2.75, 3.05) is 25.4 Å². The van der Waals surface area contributed by atoms with Gasteiger partial charge in [0, 0.05) is 12.0 Å². The molecule has 0 fully saturated rings. The van der Waals surface area contributed by atoms with Crippen LogP contribution in [0.1, 0.15) is 32.8 Å². The summed E-state index contributed by atoms with van der Waals surface area (Å²) < 4.78 is 5.76. The Morgan fingerprint density at radius 1 is 1.42 bits per heavy atom. The highest BCUT2D eigenvalue weighted by molar-refractivity contribution is 5.60. The Morgan fingerprint density at radius 2 is 2.16 bits per heavy atom. The molecule has 0 aromatic heterocycles. The standard InChI is InChI=1S/C15H23N3O/c1-4-8-18-10-15(2,3)11-19-14-7-5-6-13(17)12(14)9-16/h5-7,18H,4,8,10-11,17H2,1-3H3. The summed E-state index contributed by atoms with van der Waals surface area (Å²) in [5.41, 5.74) is 6.64. The van der Waals surface area contributed by atoms with Crippen molar-refractivity contribution in [3.05, 3.63) is 23.8 Å². The van der Waals surface area contributed by atoms with Crippen LogP contribution in [0, 0.1) is 16.7 Å². The molecule has 0 heterocycles. The number of nitrogens with zero attached hydrogens (tertiary/aromatic N) is 1. The van der Waals surface area contributed by atoms with Gasteiger partial charge in [0.25, 0.3) is 0 Å². The zero-order valence-electron chi connectivity index (χ0n) is 12.0. The van der Waals surface area contributed by atoms with Gasteiger partial charge in [-0.15, -0.1) is 0 Å². The molecule has 19 heavy (non-hydrogen) atoms. The fourth-order valence-electron chi connectivity index (χ4n) is 1.72. The minimum atomic E-state index is 0.00645. The number of nitrogens with two attached hydrogens (primary N) is 1. The molecule has 4 heteroatoms. The summed E-state index contributed by atoms with van der Waals surface area (Å²) in [6.45, 7) is 8.84. The van der Waals surface area contributed by atoms with Gasteiger partial charge in [-0.1, -0.05) is 26.8 Å². The number of anilines is 1. The monoisotopic (exact) mass is 261 g/mol. The van der Waals surface area contributed by atoms with Gasteiger partial charge >= 0.3 is 0 Å². The van der Waals surface area contributed by atoms with E-state index in [1.54, 1.807) is 18.2 Å². The van der Waals surface area contributed by atoms with E-state index in [9.17, 15) is 0 Å². The normalized spacial score (nSPS) is 11.1. The molecule has 0 saturated carbocycles. The van der Waals surface area contributed by atoms with E-state index in [0.29, 0.717) is 23.6 Å². The average molecular weight is 261 g/mol. The maximum Gasteiger partial charge on any atom is 0.139 e. The number of benzene rings is 1. The fraction of sp³-hybridized carbons (Fsp3) is 0.533. The Kier molecular flexibility index (Phi) is 5.65. The van der Waals surface area contributed by atoms with Crippen molar-refractivity contribution in [2.24, 2.45) is 5.41 Å². The number of nitrogens with one attached hydrogen (secondary N) is 1. The first-order valence-electron chi connectivity index (χ1n) is 6.62.